The summed E-state index contributed by atoms with van der Waals surface area (Å²) in [5.74, 6) is -5.43. The number of esters is 1. The second-order valence-corrected chi connectivity index (χ2v) is 5.96. The Kier molecular flexibility index (Phi) is 5.27. The van der Waals surface area contributed by atoms with Crippen molar-refractivity contribution in [3.63, 3.8) is 0 Å². The summed E-state index contributed by atoms with van der Waals surface area (Å²) in [7, 11) is 1.58. The third-order valence-electron chi connectivity index (χ3n) is 3.10. The molecule has 122 valence electrons. The number of carbonyl (C=O) groups excluding carboxylic acids is 2. The summed E-state index contributed by atoms with van der Waals surface area (Å²) in [6.45, 7) is 6.67. The molecule has 0 fully saturated rings. The second-order valence-electron chi connectivity index (χ2n) is 5.96. The van der Waals surface area contributed by atoms with E-state index in [1.54, 1.807) is 27.8 Å². The maximum Gasteiger partial charge on any atom is 0.381 e. The van der Waals surface area contributed by atoms with E-state index in [0.29, 0.717) is 5.69 Å². The second kappa shape index (κ2) is 6.42. The van der Waals surface area contributed by atoms with Gasteiger partial charge < -0.3 is 9.64 Å². The van der Waals surface area contributed by atoms with Gasteiger partial charge in [-0.3, -0.25) is 4.79 Å². The van der Waals surface area contributed by atoms with E-state index in [4.69, 9.17) is 0 Å². The highest BCUT2D eigenvalue weighted by Gasteiger charge is 2.42. The van der Waals surface area contributed by atoms with Crippen molar-refractivity contribution in [3.8, 4) is 0 Å². The number of hydrogen-bond donors (Lipinski definition) is 0. The first kappa shape index (κ1) is 18.1. The molecule has 1 amide bonds. The number of ether oxygens (including phenoxy) is 1. The van der Waals surface area contributed by atoms with E-state index in [9.17, 15) is 18.4 Å². The fourth-order valence-corrected chi connectivity index (χ4v) is 1.85. The van der Waals surface area contributed by atoms with Crippen molar-refractivity contribution in [3.05, 3.63) is 29.8 Å². The molecule has 0 saturated carbocycles. The normalized spacial score (nSPS) is 12.0. The van der Waals surface area contributed by atoms with Gasteiger partial charge in [0.1, 0.15) is 0 Å². The molecule has 0 aliphatic rings. The molecule has 0 aliphatic heterocycles. The van der Waals surface area contributed by atoms with E-state index in [-0.39, 0.29) is 12.5 Å². The molecule has 0 unspecified atom stereocenters. The maximum atomic E-state index is 13.9. The fraction of sp³-hybridized carbons (Fsp3) is 0.500. The zero-order valence-electron chi connectivity index (χ0n) is 13.4. The Hall–Kier alpha value is -1.98. The van der Waals surface area contributed by atoms with Crippen LogP contribution in [-0.4, -0.2) is 25.5 Å². The Morgan fingerprint density at radius 3 is 2.05 bits per heavy atom. The first-order valence-electron chi connectivity index (χ1n) is 6.95. The summed E-state index contributed by atoms with van der Waals surface area (Å²) in [6, 6.07) is 5.01. The highest BCUT2D eigenvalue weighted by molar-refractivity contribution is 5.96. The Bertz CT molecular complexity index is 548. The van der Waals surface area contributed by atoms with Gasteiger partial charge in [0, 0.05) is 23.7 Å². The van der Waals surface area contributed by atoms with Crippen LogP contribution < -0.4 is 4.90 Å². The van der Waals surface area contributed by atoms with Crippen molar-refractivity contribution in [1.82, 2.24) is 0 Å². The van der Waals surface area contributed by atoms with Gasteiger partial charge in [-0.15, -0.1) is 0 Å². The number of alkyl halides is 2. The molecule has 0 heterocycles. The summed E-state index contributed by atoms with van der Waals surface area (Å²) in [5.41, 5.74) is -0.572. The lowest BCUT2D eigenvalue weighted by Crippen LogP contribution is -2.36. The lowest BCUT2D eigenvalue weighted by atomic mass is 9.94. The molecule has 0 N–H and O–H groups in total. The number of amides is 1. The average molecular weight is 313 g/mol. The van der Waals surface area contributed by atoms with Crippen LogP contribution in [0.3, 0.4) is 0 Å². The van der Waals surface area contributed by atoms with Crippen LogP contribution in [-0.2, 0) is 20.2 Å². The third kappa shape index (κ3) is 3.81. The SMILES string of the molecule is CCOC(=O)C(F)(F)c1ccc(N(C)C(=O)C(C)(C)C)cc1. The van der Waals surface area contributed by atoms with Gasteiger partial charge in [-0.05, 0) is 19.1 Å². The van der Waals surface area contributed by atoms with Gasteiger partial charge in [0.15, 0.2) is 0 Å². The Morgan fingerprint density at radius 2 is 1.64 bits per heavy atom. The van der Waals surface area contributed by atoms with Crippen molar-refractivity contribution in [2.45, 2.75) is 33.6 Å². The lowest BCUT2D eigenvalue weighted by Gasteiger charge is -2.26. The van der Waals surface area contributed by atoms with Crippen LogP contribution in [0.25, 0.3) is 0 Å². The molecule has 1 aromatic carbocycles. The quantitative estimate of drug-likeness (QED) is 0.801. The summed E-state index contributed by atoms with van der Waals surface area (Å²) in [4.78, 5) is 24.8. The molecule has 1 rings (SSSR count). The first-order valence-corrected chi connectivity index (χ1v) is 6.95. The summed E-state index contributed by atoms with van der Waals surface area (Å²) in [6.07, 6.45) is 0. The van der Waals surface area contributed by atoms with Gasteiger partial charge in [0.05, 0.1) is 6.61 Å². The van der Waals surface area contributed by atoms with Crippen molar-refractivity contribution >= 4 is 17.6 Å². The molecule has 0 saturated heterocycles. The van der Waals surface area contributed by atoms with Crippen LogP contribution in [0.1, 0.15) is 33.3 Å². The number of halogens is 2. The largest absolute Gasteiger partial charge is 0.461 e. The predicted octanol–water partition coefficient (Wildman–Crippen LogP) is 3.35. The van der Waals surface area contributed by atoms with Gasteiger partial charge in [0.25, 0.3) is 0 Å². The Balaban J connectivity index is 3.00. The van der Waals surface area contributed by atoms with E-state index in [0.717, 1.165) is 12.1 Å². The number of carbonyl (C=O) groups is 2. The van der Waals surface area contributed by atoms with Crippen molar-refractivity contribution in [1.29, 1.82) is 0 Å². The van der Waals surface area contributed by atoms with Gasteiger partial charge in [-0.1, -0.05) is 32.9 Å². The van der Waals surface area contributed by atoms with Gasteiger partial charge in [-0.25, -0.2) is 4.79 Å². The molecule has 0 aliphatic carbocycles. The molecule has 0 aromatic heterocycles. The molecular formula is C16H21F2NO3. The number of anilines is 1. The van der Waals surface area contributed by atoms with Crippen LogP contribution in [0.5, 0.6) is 0 Å². The zero-order valence-corrected chi connectivity index (χ0v) is 13.4. The van der Waals surface area contributed by atoms with Crippen LogP contribution in [0.15, 0.2) is 24.3 Å². The predicted molar refractivity (Wildman–Crippen MR) is 79.8 cm³/mol. The molecule has 0 radical (unpaired) electrons. The average Bonchev–Trinajstić information content (AvgIpc) is 2.45. The van der Waals surface area contributed by atoms with E-state index >= 15 is 0 Å². The number of nitrogens with zero attached hydrogens (tertiary/aromatic N) is 1. The molecule has 0 spiro atoms. The topological polar surface area (TPSA) is 46.6 Å². The molecule has 22 heavy (non-hydrogen) atoms. The zero-order chi connectivity index (χ0) is 17.1. The highest BCUT2D eigenvalue weighted by Crippen LogP contribution is 2.31. The summed E-state index contributed by atoms with van der Waals surface area (Å²) in [5, 5.41) is 0. The van der Waals surface area contributed by atoms with E-state index in [1.165, 1.54) is 24.0 Å². The van der Waals surface area contributed by atoms with E-state index < -0.39 is 22.9 Å². The number of rotatable bonds is 4. The number of benzene rings is 1. The van der Waals surface area contributed by atoms with Crippen LogP contribution >= 0.6 is 0 Å². The molecule has 6 heteroatoms. The summed E-state index contributed by atoms with van der Waals surface area (Å²) < 4.78 is 32.1. The maximum absolute atomic E-state index is 13.9. The van der Waals surface area contributed by atoms with Crippen LogP contribution in [0.2, 0.25) is 0 Å². The van der Waals surface area contributed by atoms with Gasteiger partial charge >= 0.3 is 11.9 Å². The first-order chi connectivity index (χ1) is 10.0. The van der Waals surface area contributed by atoms with Crippen molar-refractivity contribution in [2.24, 2.45) is 5.41 Å². The lowest BCUT2D eigenvalue weighted by molar-refractivity contribution is -0.173. The Morgan fingerprint density at radius 1 is 1.14 bits per heavy atom. The van der Waals surface area contributed by atoms with E-state index in [1.807, 2.05) is 0 Å². The fourth-order valence-electron chi connectivity index (χ4n) is 1.85. The Labute approximate surface area is 129 Å². The molecule has 0 bridgehead atoms. The summed E-state index contributed by atoms with van der Waals surface area (Å²) >= 11 is 0. The molecular weight excluding hydrogens is 292 g/mol. The van der Waals surface area contributed by atoms with E-state index in [2.05, 4.69) is 4.74 Å². The van der Waals surface area contributed by atoms with Crippen LogP contribution in [0.4, 0.5) is 14.5 Å². The molecule has 4 nitrogen and oxygen atoms in total. The van der Waals surface area contributed by atoms with Crippen molar-refractivity contribution < 1.29 is 23.1 Å². The molecule has 1 aromatic rings. The van der Waals surface area contributed by atoms with Crippen LogP contribution in [0, 0.1) is 5.41 Å². The number of hydrogen-bond acceptors (Lipinski definition) is 3. The molecule has 0 atom stereocenters. The standard InChI is InChI=1S/C16H21F2NO3/c1-6-22-14(21)16(17,18)11-7-9-12(10-8-11)19(5)13(20)15(2,3)4/h7-10H,6H2,1-5H3. The minimum atomic E-state index is -3.71. The minimum Gasteiger partial charge on any atom is -0.461 e. The third-order valence-corrected chi connectivity index (χ3v) is 3.10. The van der Waals surface area contributed by atoms with Gasteiger partial charge in [-0.2, -0.15) is 8.78 Å². The highest BCUT2D eigenvalue weighted by atomic mass is 19.3. The van der Waals surface area contributed by atoms with Crippen molar-refractivity contribution in [2.75, 3.05) is 18.6 Å². The monoisotopic (exact) mass is 313 g/mol. The van der Waals surface area contributed by atoms with Gasteiger partial charge in [0.2, 0.25) is 5.91 Å². The smallest absolute Gasteiger partial charge is 0.381 e. The minimum absolute atomic E-state index is 0.116.